The van der Waals surface area contributed by atoms with Gasteiger partial charge in [0.25, 0.3) is 0 Å². The van der Waals surface area contributed by atoms with Crippen LogP contribution in [0.5, 0.6) is 5.75 Å². The van der Waals surface area contributed by atoms with Crippen molar-refractivity contribution in [3.63, 3.8) is 0 Å². The number of ether oxygens (including phenoxy) is 1. The molecule has 0 unspecified atom stereocenters. The van der Waals surface area contributed by atoms with Crippen molar-refractivity contribution < 1.29 is 9.53 Å². The highest BCUT2D eigenvalue weighted by Gasteiger charge is 2.25. The number of para-hydroxylation sites is 2. The van der Waals surface area contributed by atoms with Crippen molar-refractivity contribution in [3.8, 4) is 5.75 Å². The van der Waals surface area contributed by atoms with E-state index in [4.69, 9.17) is 4.74 Å². The molecule has 0 saturated heterocycles. The topological polar surface area (TPSA) is 29.5 Å². The van der Waals surface area contributed by atoms with E-state index >= 15 is 0 Å². The Balaban J connectivity index is 2.03. The Morgan fingerprint density at radius 3 is 2.57 bits per heavy atom. The van der Waals surface area contributed by atoms with E-state index in [1.165, 1.54) is 5.56 Å². The van der Waals surface area contributed by atoms with Gasteiger partial charge in [0.2, 0.25) is 5.91 Å². The molecule has 3 nitrogen and oxygen atoms in total. The van der Waals surface area contributed by atoms with Crippen LogP contribution in [0.15, 0.2) is 54.2 Å². The zero-order chi connectivity index (χ0) is 14.8. The Morgan fingerprint density at radius 1 is 1.14 bits per heavy atom. The maximum atomic E-state index is 12.0. The summed E-state index contributed by atoms with van der Waals surface area (Å²) in [4.78, 5) is 13.8. The quantitative estimate of drug-likeness (QED) is 0.795. The van der Waals surface area contributed by atoms with E-state index in [1.54, 1.807) is 11.8 Å². The van der Waals surface area contributed by atoms with Gasteiger partial charge in [-0.1, -0.05) is 42.0 Å². The van der Waals surface area contributed by atoms with Crippen molar-refractivity contribution >= 4 is 17.7 Å². The van der Waals surface area contributed by atoms with Crippen LogP contribution in [-0.4, -0.2) is 12.5 Å². The molecule has 1 heterocycles. The van der Waals surface area contributed by atoms with Crippen molar-refractivity contribution in [2.45, 2.75) is 13.8 Å². The maximum absolute atomic E-state index is 12.0. The van der Waals surface area contributed by atoms with Gasteiger partial charge in [0.15, 0.2) is 0 Å². The van der Waals surface area contributed by atoms with Gasteiger partial charge >= 0.3 is 0 Å². The van der Waals surface area contributed by atoms with Gasteiger partial charge in [-0.25, -0.2) is 0 Å². The minimum atomic E-state index is -0.0101. The Morgan fingerprint density at radius 2 is 1.86 bits per heavy atom. The lowest BCUT2D eigenvalue weighted by Gasteiger charge is -2.31. The summed E-state index contributed by atoms with van der Waals surface area (Å²) in [6.07, 6.45) is 2.00. The monoisotopic (exact) mass is 279 g/mol. The van der Waals surface area contributed by atoms with Crippen molar-refractivity contribution in [2.75, 3.05) is 11.5 Å². The average molecular weight is 279 g/mol. The molecule has 106 valence electrons. The van der Waals surface area contributed by atoms with Gasteiger partial charge < -0.3 is 4.74 Å². The summed E-state index contributed by atoms with van der Waals surface area (Å²) in [6.45, 7) is 4.02. The zero-order valence-electron chi connectivity index (χ0n) is 12.2. The van der Waals surface area contributed by atoms with E-state index in [0.29, 0.717) is 6.61 Å². The van der Waals surface area contributed by atoms with Crippen LogP contribution in [0.25, 0.3) is 6.08 Å². The fraction of sp³-hybridized carbons (Fsp3) is 0.167. The van der Waals surface area contributed by atoms with Crippen molar-refractivity contribution in [2.24, 2.45) is 0 Å². The second-order valence-electron chi connectivity index (χ2n) is 5.16. The molecular formula is C18H17NO2. The van der Waals surface area contributed by atoms with Crippen molar-refractivity contribution in [1.82, 2.24) is 0 Å². The minimum absolute atomic E-state index is 0.0101. The molecule has 0 radical (unpaired) electrons. The molecule has 2 aromatic carbocycles. The van der Waals surface area contributed by atoms with Gasteiger partial charge in [0.05, 0.1) is 11.4 Å². The molecule has 0 N–H and O–H groups in total. The third-order valence-corrected chi connectivity index (χ3v) is 3.49. The van der Waals surface area contributed by atoms with E-state index in [-0.39, 0.29) is 5.91 Å². The van der Waals surface area contributed by atoms with E-state index in [9.17, 15) is 4.79 Å². The van der Waals surface area contributed by atoms with Gasteiger partial charge in [-0.05, 0) is 30.7 Å². The average Bonchev–Trinajstić information content (AvgIpc) is 2.49. The zero-order valence-corrected chi connectivity index (χ0v) is 12.2. The van der Waals surface area contributed by atoms with E-state index in [2.05, 4.69) is 19.1 Å². The number of benzene rings is 2. The number of nitrogens with zero attached hydrogens (tertiary/aromatic N) is 1. The van der Waals surface area contributed by atoms with E-state index < -0.39 is 0 Å². The standard InChI is InChI=1S/C18H17NO2/c1-13-7-9-15(10-8-13)11-16-12-21-18-6-4-3-5-17(18)19(16)14(2)20/h3-11H,12H2,1-2H3/b16-11-. The van der Waals surface area contributed by atoms with Gasteiger partial charge in [0.1, 0.15) is 12.4 Å². The fourth-order valence-electron chi connectivity index (χ4n) is 2.47. The summed E-state index contributed by atoms with van der Waals surface area (Å²) in [7, 11) is 0. The molecule has 0 bridgehead atoms. The van der Waals surface area contributed by atoms with Crippen LogP contribution in [0.4, 0.5) is 5.69 Å². The summed E-state index contributed by atoms with van der Waals surface area (Å²) in [5.41, 5.74) is 3.93. The Hall–Kier alpha value is -2.55. The molecule has 0 aromatic heterocycles. The van der Waals surface area contributed by atoms with E-state index in [1.807, 2.05) is 42.5 Å². The lowest BCUT2D eigenvalue weighted by molar-refractivity contribution is -0.116. The number of carbonyl (C=O) groups is 1. The van der Waals surface area contributed by atoms with Gasteiger partial charge in [0, 0.05) is 6.92 Å². The molecule has 0 fully saturated rings. The molecule has 2 aromatic rings. The number of amides is 1. The first-order chi connectivity index (χ1) is 10.1. The first-order valence-corrected chi connectivity index (χ1v) is 6.95. The van der Waals surface area contributed by atoms with Crippen LogP contribution in [0.2, 0.25) is 0 Å². The first-order valence-electron chi connectivity index (χ1n) is 6.95. The summed E-state index contributed by atoms with van der Waals surface area (Å²) in [5, 5.41) is 0. The van der Waals surface area contributed by atoms with Crippen LogP contribution in [0.3, 0.4) is 0 Å². The van der Waals surface area contributed by atoms with Gasteiger partial charge in [-0.3, -0.25) is 9.69 Å². The predicted octanol–water partition coefficient (Wildman–Crippen LogP) is 3.78. The molecular weight excluding hydrogens is 262 g/mol. The SMILES string of the molecule is CC(=O)N1/C(=C\c2ccc(C)cc2)COc2ccccc21. The van der Waals surface area contributed by atoms with Crippen LogP contribution in [0, 0.1) is 6.92 Å². The number of fused-ring (bicyclic) bond motifs is 1. The smallest absolute Gasteiger partial charge is 0.228 e. The van der Waals surface area contributed by atoms with Crippen LogP contribution in [0.1, 0.15) is 18.1 Å². The number of aryl methyl sites for hydroxylation is 1. The highest BCUT2D eigenvalue weighted by Crippen LogP contribution is 2.35. The molecule has 3 heteroatoms. The minimum Gasteiger partial charge on any atom is -0.485 e. The number of hydrogen-bond acceptors (Lipinski definition) is 2. The number of hydrogen-bond donors (Lipinski definition) is 0. The van der Waals surface area contributed by atoms with Crippen LogP contribution < -0.4 is 9.64 Å². The second-order valence-corrected chi connectivity index (χ2v) is 5.16. The molecule has 0 spiro atoms. The van der Waals surface area contributed by atoms with E-state index in [0.717, 1.165) is 22.7 Å². The van der Waals surface area contributed by atoms with Crippen LogP contribution >= 0.6 is 0 Å². The highest BCUT2D eigenvalue weighted by molar-refractivity contribution is 5.98. The molecule has 1 aliphatic heterocycles. The molecule has 0 atom stereocenters. The lowest BCUT2D eigenvalue weighted by Crippen LogP contribution is -2.34. The number of anilines is 1. The molecule has 1 amide bonds. The summed E-state index contributed by atoms with van der Waals surface area (Å²) >= 11 is 0. The highest BCUT2D eigenvalue weighted by atomic mass is 16.5. The largest absolute Gasteiger partial charge is 0.485 e. The Bertz CT molecular complexity index is 701. The van der Waals surface area contributed by atoms with Crippen molar-refractivity contribution in [3.05, 3.63) is 65.4 Å². The second kappa shape index (κ2) is 5.44. The Labute approximate surface area is 124 Å². The van der Waals surface area contributed by atoms with Gasteiger partial charge in [-0.2, -0.15) is 0 Å². The van der Waals surface area contributed by atoms with Crippen LogP contribution in [-0.2, 0) is 4.79 Å². The van der Waals surface area contributed by atoms with Crippen molar-refractivity contribution in [1.29, 1.82) is 0 Å². The molecule has 1 aliphatic rings. The maximum Gasteiger partial charge on any atom is 0.228 e. The number of carbonyl (C=O) groups excluding carboxylic acids is 1. The number of rotatable bonds is 1. The fourth-order valence-corrected chi connectivity index (χ4v) is 2.47. The third kappa shape index (κ3) is 2.68. The Kier molecular flexibility index (Phi) is 3.48. The summed E-state index contributed by atoms with van der Waals surface area (Å²) < 4.78 is 5.75. The predicted molar refractivity (Wildman–Crippen MR) is 84.3 cm³/mol. The first kappa shape index (κ1) is 13.4. The molecule has 0 saturated carbocycles. The normalized spacial score (nSPS) is 15.5. The summed E-state index contributed by atoms with van der Waals surface area (Å²) in [6, 6.07) is 15.8. The molecule has 0 aliphatic carbocycles. The molecule has 21 heavy (non-hydrogen) atoms. The molecule has 3 rings (SSSR count). The van der Waals surface area contributed by atoms with Gasteiger partial charge in [-0.15, -0.1) is 0 Å². The third-order valence-electron chi connectivity index (χ3n) is 3.49. The lowest BCUT2D eigenvalue weighted by atomic mass is 10.1. The summed E-state index contributed by atoms with van der Waals surface area (Å²) in [5.74, 6) is 0.734.